The largest absolute Gasteiger partial charge is 0.316 e. The van der Waals surface area contributed by atoms with Crippen molar-refractivity contribution in [3.8, 4) is 0 Å². The summed E-state index contributed by atoms with van der Waals surface area (Å²) in [6.45, 7) is 3.72. The van der Waals surface area contributed by atoms with Crippen LogP contribution in [0.4, 0.5) is 0 Å². The smallest absolute Gasteiger partial charge is 0.141 e. The van der Waals surface area contributed by atoms with E-state index in [2.05, 4.69) is 10.4 Å². The van der Waals surface area contributed by atoms with Gasteiger partial charge in [-0.3, -0.25) is 9.48 Å². The van der Waals surface area contributed by atoms with Crippen molar-refractivity contribution in [2.75, 3.05) is 13.1 Å². The number of Topliss-reactive ketones (excluding diaryl/α,β-unsaturated/α-hetero) is 1. The van der Waals surface area contributed by atoms with Crippen molar-refractivity contribution in [3.63, 3.8) is 0 Å². The Balaban J connectivity index is 2.07. The van der Waals surface area contributed by atoms with E-state index in [0.29, 0.717) is 11.6 Å². The molecule has 1 aliphatic rings. The predicted molar refractivity (Wildman–Crippen MR) is 67.3 cm³/mol. The number of hydrogen-bond donors (Lipinski definition) is 1. The molecule has 5 heteroatoms. The summed E-state index contributed by atoms with van der Waals surface area (Å²) in [6, 6.07) is 0. The highest BCUT2D eigenvalue weighted by Gasteiger charge is 2.23. The molecule has 2 rings (SSSR count). The van der Waals surface area contributed by atoms with Gasteiger partial charge in [-0.05, 0) is 26.3 Å². The Morgan fingerprint density at radius 1 is 1.65 bits per heavy atom. The van der Waals surface area contributed by atoms with Crippen LogP contribution in [0.5, 0.6) is 0 Å². The first-order chi connectivity index (χ1) is 8.09. The molecule has 0 saturated carbocycles. The average Bonchev–Trinajstić information content (AvgIpc) is 2.57. The third-order valence-electron chi connectivity index (χ3n) is 3.37. The quantitative estimate of drug-likeness (QED) is 0.890. The maximum absolute atomic E-state index is 12.1. The van der Waals surface area contributed by atoms with E-state index in [9.17, 15) is 4.79 Å². The van der Waals surface area contributed by atoms with Crippen molar-refractivity contribution in [1.29, 1.82) is 0 Å². The molecule has 1 aromatic heterocycles. The number of ketones is 1. The molecule has 1 atom stereocenters. The second-order valence-corrected chi connectivity index (χ2v) is 5.02. The van der Waals surface area contributed by atoms with Crippen molar-refractivity contribution < 1.29 is 4.79 Å². The molecule has 17 heavy (non-hydrogen) atoms. The molecule has 0 amide bonds. The third-order valence-corrected chi connectivity index (χ3v) is 3.85. The fourth-order valence-electron chi connectivity index (χ4n) is 2.32. The number of hydrogen-bond acceptors (Lipinski definition) is 3. The Hall–Kier alpha value is -0.870. The monoisotopic (exact) mass is 255 g/mol. The highest BCUT2D eigenvalue weighted by Crippen LogP contribution is 2.22. The van der Waals surface area contributed by atoms with Gasteiger partial charge in [0, 0.05) is 31.5 Å². The minimum atomic E-state index is 0.138. The topological polar surface area (TPSA) is 46.9 Å². The SMILES string of the molecule is Cc1nn(C)c(Cl)c1CC(=O)C1CCCNC1. The average molecular weight is 256 g/mol. The summed E-state index contributed by atoms with van der Waals surface area (Å²) in [5.41, 5.74) is 1.74. The molecule has 94 valence electrons. The molecule has 0 spiro atoms. The number of halogens is 1. The van der Waals surface area contributed by atoms with Gasteiger partial charge in [0.05, 0.1) is 5.69 Å². The fourth-order valence-corrected chi connectivity index (χ4v) is 2.56. The van der Waals surface area contributed by atoms with E-state index >= 15 is 0 Å². The van der Waals surface area contributed by atoms with Crippen LogP contribution in [0, 0.1) is 12.8 Å². The van der Waals surface area contributed by atoms with Crippen LogP contribution >= 0.6 is 11.6 Å². The molecule has 0 aromatic carbocycles. The van der Waals surface area contributed by atoms with Gasteiger partial charge < -0.3 is 5.32 Å². The van der Waals surface area contributed by atoms with Crippen LogP contribution in [0.1, 0.15) is 24.1 Å². The van der Waals surface area contributed by atoms with Gasteiger partial charge in [0.15, 0.2) is 0 Å². The molecule has 0 aliphatic carbocycles. The second-order valence-electron chi connectivity index (χ2n) is 4.66. The molecule has 1 aromatic rings. The zero-order valence-electron chi connectivity index (χ0n) is 10.3. The molecular weight excluding hydrogens is 238 g/mol. The number of piperidine rings is 1. The Kier molecular flexibility index (Phi) is 3.84. The number of nitrogens with zero attached hydrogens (tertiary/aromatic N) is 2. The first kappa shape index (κ1) is 12.6. The normalized spacial score (nSPS) is 20.5. The number of aromatic nitrogens is 2. The highest BCUT2D eigenvalue weighted by molar-refractivity contribution is 6.30. The molecule has 1 unspecified atom stereocenters. The van der Waals surface area contributed by atoms with Crippen LogP contribution in [0.25, 0.3) is 0 Å². The van der Waals surface area contributed by atoms with Crippen LogP contribution in [0.15, 0.2) is 0 Å². The lowest BCUT2D eigenvalue weighted by Gasteiger charge is -2.21. The fraction of sp³-hybridized carbons (Fsp3) is 0.667. The zero-order valence-corrected chi connectivity index (χ0v) is 11.0. The van der Waals surface area contributed by atoms with Gasteiger partial charge in [0.2, 0.25) is 0 Å². The number of carbonyl (C=O) groups excluding carboxylic acids is 1. The summed E-state index contributed by atoms with van der Waals surface area (Å²) in [7, 11) is 1.80. The van der Waals surface area contributed by atoms with Crippen molar-refractivity contribution in [1.82, 2.24) is 15.1 Å². The number of carbonyl (C=O) groups is 1. The molecule has 1 fully saturated rings. The van der Waals surface area contributed by atoms with Gasteiger partial charge in [0.1, 0.15) is 10.9 Å². The Labute approximate surface area is 106 Å². The van der Waals surface area contributed by atoms with Crippen molar-refractivity contribution >= 4 is 17.4 Å². The molecule has 0 bridgehead atoms. The Bertz CT molecular complexity index is 422. The van der Waals surface area contributed by atoms with Crippen LogP contribution < -0.4 is 5.32 Å². The third kappa shape index (κ3) is 2.69. The van der Waals surface area contributed by atoms with E-state index in [4.69, 9.17) is 11.6 Å². The molecule has 0 radical (unpaired) electrons. The van der Waals surface area contributed by atoms with Gasteiger partial charge in [-0.15, -0.1) is 0 Å². The van der Waals surface area contributed by atoms with Crippen molar-refractivity contribution in [2.24, 2.45) is 13.0 Å². The summed E-state index contributed by atoms with van der Waals surface area (Å²) in [5, 5.41) is 8.07. The van der Waals surface area contributed by atoms with E-state index in [1.54, 1.807) is 11.7 Å². The minimum absolute atomic E-state index is 0.138. The molecule has 1 saturated heterocycles. The van der Waals surface area contributed by atoms with Gasteiger partial charge in [-0.2, -0.15) is 5.10 Å². The van der Waals surface area contributed by atoms with E-state index in [1.165, 1.54) is 0 Å². The van der Waals surface area contributed by atoms with Crippen LogP contribution in [0.3, 0.4) is 0 Å². The van der Waals surface area contributed by atoms with E-state index in [1.807, 2.05) is 6.92 Å². The first-order valence-corrected chi connectivity index (χ1v) is 6.38. The highest BCUT2D eigenvalue weighted by atomic mass is 35.5. The van der Waals surface area contributed by atoms with Gasteiger partial charge in [0.25, 0.3) is 0 Å². The number of nitrogens with one attached hydrogen (secondary N) is 1. The maximum atomic E-state index is 12.1. The summed E-state index contributed by atoms with van der Waals surface area (Å²) in [4.78, 5) is 12.1. The Morgan fingerprint density at radius 2 is 2.41 bits per heavy atom. The van der Waals surface area contributed by atoms with Gasteiger partial charge in [-0.1, -0.05) is 11.6 Å². The summed E-state index contributed by atoms with van der Waals surface area (Å²) in [6.07, 6.45) is 2.48. The Morgan fingerprint density at radius 3 is 2.94 bits per heavy atom. The number of aryl methyl sites for hydroxylation is 2. The molecular formula is C12H18ClN3O. The van der Waals surface area contributed by atoms with E-state index in [-0.39, 0.29) is 11.7 Å². The molecule has 4 nitrogen and oxygen atoms in total. The minimum Gasteiger partial charge on any atom is -0.316 e. The number of rotatable bonds is 3. The first-order valence-electron chi connectivity index (χ1n) is 6.01. The lowest BCUT2D eigenvalue weighted by atomic mass is 9.91. The zero-order chi connectivity index (χ0) is 12.4. The van der Waals surface area contributed by atoms with Gasteiger partial charge >= 0.3 is 0 Å². The molecule has 2 heterocycles. The van der Waals surface area contributed by atoms with Crippen LogP contribution in [-0.2, 0) is 18.3 Å². The summed E-state index contributed by atoms with van der Waals surface area (Å²) < 4.78 is 1.62. The summed E-state index contributed by atoms with van der Waals surface area (Å²) >= 11 is 6.13. The van der Waals surface area contributed by atoms with Gasteiger partial charge in [-0.25, -0.2) is 0 Å². The van der Waals surface area contributed by atoms with Crippen LogP contribution in [-0.4, -0.2) is 28.7 Å². The van der Waals surface area contributed by atoms with E-state index < -0.39 is 0 Å². The summed E-state index contributed by atoms with van der Waals surface area (Å²) in [5.74, 6) is 0.412. The van der Waals surface area contributed by atoms with Crippen molar-refractivity contribution in [2.45, 2.75) is 26.2 Å². The molecule has 1 aliphatic heterocycles. The maximum Gasteiger partial charge on any atom is 0.141 e. The lowest BCUT2D eigenvalue weighted by molar-refractivity contribution is -0.122. The lowest BCUT2D eigenvalue weighted by Crippen LogP contribution is -2.35. The van der Waals surface area contributed by atoms with Crippen molar-refractivity contribution in [3.05, 3.63) is 16.4 Å². The predicted octanol–water partition coefficient (Wildman–Crippen LogP) is 1.49. The molecule has 1 N–H and O–H groups in total. The van der Waals surface area contributed by atoms with E-state index in [0.717, 1.165) is 37.2 Å². The van der Waals surface area contributed by atoms with Crippen LogP contribution in [0.2, 0.25) is 5.15 Å². The standard InChI is InChI=1S/C12H18ClN3O/c1-8-10(12(13)16(2)15-8)6-11(17)9-4-3-5-14-7-9/h9,14H,3-7H2,1-2H3. The second kappa shape index (κ2) is 5.19.